The molecule has 2 amide bonds. The predicted octanol–water partition coefficient (Wildman–Crippen LogP) is 3.62. The zero-order valence-corrected chi connectivity index (χ0v) is 15.2. The Balaban J connectivity index is 1.71. The Hall–Kier alpha value is -2.65. The van der Waals surface area contributed by atoms with Crippen LogP contribution in [-0.4, -0.2) is 18.4 Å². The van der Waals surface area contributed by atoms with E-state index in [1.165, 1.54) is 0 Å². The molecule has 0 bridgehead atoms. The smallest absolute Gasteiger partial charge is 0.229 e. The van der Waals surface area contributed by atoms with E-state index in [0.717, 1.165) is 10.0 Å². The second-order valence-electron chi connectivity index (χ2n) is 6.04. The van der Waals surface area contributed by atoms with Crippen molar-refractivity contribution in [2.75, 3.05) is 16.8 Å². The molecule has 0 spiro atoms. The minimum atomic E-state index is -0.406. The number of nitrogens with zero attached hydrogens (tertiary/aromatic N) is 2. The normalized spacial score (nSPS) is 16.6. The van der Waals surface area contributed by atoms with Gasteiger partial charge in [-0.25, -0.2) is 0 Å². The Labute approximate surface area is 154 Å². The summed E-state index contributed by atoms with van der Waals surface area (Å²) >= 11 is 3.44. The molecule has 0 aliphatic carbocycles. The minimum Gasteiger partial charge on any atom is -0.325 e. The Bertz CT molecular complexity index is 871. The summed E-state index contributed by atoms with van der Waals surface area (Å²) in [5.74, 6) is -0.668. The molecule has 1 atom stereocenters. The number of anilines is 2. The third-order valence-electron chi connectivity index (χ3n) is 4.19. The van der Waals surface area contributed by atoms with Crippen molar-refractivity contribution in [3.63, 3.8) is 0 Å². The highest BCUT2D eigenvalue weighted by Crippen LogP contribution is 2.28. The molecule has 1 heterocycles. The van der Waals surface area contributed by atoms with Gasteiger partial charge in [0.1, 0.15) is 0 Å². The van der Waals surface area contributed by atoms with Crippen LogP contribution in [-0.2, 0) is 9.59 Å². The molecule has 6 heteroatoms. The van der Waals surface area contributed by atoms with E-state index >= 15 is 0 Å². The Kier molecular flexibility index (Phi) is 4.86. The summed E-state index contributed by atoms with van der Waals surface area (Å²) in [4.78, 5) is 26.4. The Morgan fingerprint density at radius 2 is 2.00 bits per heavy atom. The van der Waals surface area contributed by atoms with E-state index in [2.05, 4.69) is 21.2 Å². The van der Waals surface area contributed by atoms with Crippen molar-refractivity contribution >= 4 is 39.1 Å². The van der Waals surface area contributed by atoms with Crippen LogP contribution in [0.3, 0.4) is 0 Å². The highest BCUT2D eigenvalue weighted by Gasteiger charge is 2.35. The van der Waals surface area contributed by atoms with Crippen LogP contribution in [0.1, 0.15) is 17.5 Å². The fourth-order valence-corrected chi connectivity index (χ4v) is 3.40. The van der Waals surface area contributed by atoms with E-state index in [1.54, 1.807) is 29.2 Å². The highest BCUT2D eigenvalue weighted by molar-refractivity contribution is 9.10. The lowest BCUT2D eigenvalue weighted by atomic mass is 10.1. The van der Waals surface area contributed by atoms with Gasteiger partial charge in [-0.05, 0) is 64.8 Å². The molecular formula is C19H16BrN3O2. The summed E-state index contributed by atoms with van der Waals surface area (Å²) in [5, 5.41) is 11.7. The van der Waals surface area contributed by atoms with E-state index in [9.17, 15) is 9.59 Å². The Morgan fingerprint density at radius 1 is 1.28 bits per heavy atom. The van der Waals surface area contributed by atoms with Crippen LogP contribution < -0.4 is 10.2 Å². The standard InChI is InChI=1S/C19H16BrN3O2/c1-12-2-7-17(16(20)8-12)22-19(25)14-9-18(24)23(11-14)15-5-3-13(10-21)4-6-15/h2-8,14H,9,11H2,1H3,(H,22,25). The molecule has 25 heavy (non-hydrogen) atoms. The summed E-state index contributed by atoms with van der Waals surface area (Å²) < 4.78 is 0.814. The van der Waals surface area contributed by atoms with Crippen LogP contribution in [0.5, 0.6) is 0 Å². The largest absolute Gasteiger partial charge is 0.325 e. The molecule has 1 unspecified atom stereocenters. The van der Waals surface area contributed by atoms with Gasteiger partial charge < -0.3 is 10.2 Å². The molecule has 0 saturated carbocycles. The summed E-state index contributed by atoms with van der Waals surface area (Å²) in [6, 6.07) is 14.5. The molecule has 3 rings (SSSR count). The van der Waals surface area contributed by atoms with E-state index in [-0.39, 0.29) is 18.2 Å². The van der Waals surface area contributed by atoms with Gasteiger partial charge in [0, 0.05) is 23.1 Å². The number of rotatable bonds is 3. The molecular weight excluding hydrogens is 382 g/mol. The summed E-state index contributed by atoms with van der Waals surface area (Å²) in [6.45, 7) is 2.31. The fourth-order valence-electron chi connectivity index (χ4n) is 2.80. The number of benzene rings is 2. The second-order valence-corrected chi connectivity index (χ2v) is 6.89. The number of aryl methyl sites for hydroxylation is 1. The first kappa shape index (κ1) is 17.2. The first-order valence-electron chi connectivity index (χ1n) is 7.85. The summed E-state index contributed by atoms with van der Waals surface area (Å²) in [7, 11) is 0. The predicted molar refractivity (Wildman–Crippen MR) is 99.1 cm³/mol. The van der Waals surface area contributed by atoms with Gasteiger partial charge in [-0.3, -0.25) is 9.59 Å². The lowest BCUT2D eigenvalue weighted by Gasteiger charge is -2.17. The molecule has 1 fully saturated rings. The maximum absolute atomic E-state index is 12.5. The topological polar surface area (TPSA) is 73.2 Å². The van der Waals surface area contributed by atoms with Crippen molar-refractivity contribution < 1.29 is 9.59 Å². The lowest BCUT2D eigenvalue weighted by Crippen LogP contribution is -2.28. The fraction of sp³-hybridized carbons (Fsp3) is 0.211. The number of halogens is 1. The molecule has 1 N–H and O–H groups in total. The number of nitrogens with one attached hydrogen (secondary N) is 1. The van der Waals surface area contributed by atoms with Crippen LogP contribution >= 0.6 is 15.9 Å². The summed E-state index contributed by atoms with van der Waals surface area (Å²) in [5.41, 5.74) is 3.03. The molecule has 1 saturated heterocycles. The zero-order chi connectivity index (χ0) is 18.0. The van der Waals surface area contributed by atoms with Crippen molar-refractivity contribution in [1.29, 1.82) is 5.26 Å². The van der Waals surface area contributed by atoms with E-state index in [4.69, 9.17) is 5.26 Å². The minimum absolute atomic E-state index is 0.0900. The van der Waals surface area contributed by atoms with Gasteiger partial charge in [0.25, 0.3) is 0 Å². The van der Waals surface area contributed by atoms with E-state index < -0.39 is 5.92 Å². The first-order chi connectivity index (χ1) is 12.0. The number of nitriles is 1. The molecule has 2 aromatic carbocycles. The van der Waals surface area contributed by atoms with Gasteiger partial charge in [-0.1, -0.05) is 6.07 Å². The van der Waals surface area contributed by atoms with Gasteiger partial charge in [0.05, 0.1) is 23.2 Å². The summed E-state index contributed by atoms with van der Waals surface area (Å²) in [6.07, 6.45) is 0.176. The van der Waals surface area contributed by atoms with E-state index in [0.29, 0.717) is 23.5 Å². The van der Waals surface area contributed by atoms with E-state index in [1.807, 2.05) is 31.2 Å². The van der Waals surface area contributed by atoms with Crippen LogP contribution in [0, 0.1) is 24.2 Å². The molecule has 2 aromatic rings. The Morgan fingerprint density at radius 3 is 2.64 bits per heavy atom. The average Bonchev–Trinajstić information content (AvgIpc) is 2.99. The number of hydrogen-bond acceptors (Lipinski definition) is 3. The number of amides is 2. The van der Waals surface area contributed by atoms with Gasteiger partial charge in [-0.2, -0.15) is 5.26 Å². The number of carbonyl (C=O) groups excluding carboxylic acids is 2. The average molecular weight is 398 g/mol. The molecule has 0 radical (unpaired) electrons. The zero-order valence-electron chi connectivity index (χ0n) is 13.6. The van der Waals surface area contributed by atoms with Gasteiger partial charge in [0.15, 0.2) is 0 Å². The monoisotopic (exact) mass is 397 g/mol. The van der Waals surface area contributed by atoms with Gasteiger partial charge >= 0.3 is 0 Å². The van der Waals surface area contributed by atoms with Gasteiger partial charge in [0.2, 0.25) is 11.8 Å². The molecule has 1 aliphatic heterocycles. The van der Waals surface area contributed by atoms with Crippen LogP contribution in [0.15, 0.2) is 46.9 Å². The molecule has 5 nitrogen and oxygen atoms in total. The third-order valence-corrected chi connectivity index (χ3v) is 4.84. The first-order valence-corrected chi connectivity index (χ1v) is 8.65. The number of carbonyl (C=O) groups is 2. The van der Waals surface area contributed by atoms with Crippen molar-refractivity contribution in [3.8, 4) is 6.07 Å². The van der Waals surface area contributed by atoms with Gasteiger partial charge in [-0.15, -0.1) is 0 Å². The molecule has 0 aromatic heterocycles. The van der Waals surface area contributed by atoms with Crippen LogP contribution in [0.2, 0.25) is 0 Å². The van der Waals surface area contributed by atoms with Crippen LogP contribution in [0.4, 0.5) is 11.4 Å². The maximum Gasteiger partial charge on any atom is 0.229 e. The lowest BCUT2D eigenvalue weighted by molar-refractivity contribution is -0.122. The van der Waals surface area contributed by atoms with Crippen LogP contribution in [0.25, 0.3) is 0 Å². The van der Waals surface area contributed by atoms with Crippen molar-refractivity contribution in [1.82, 2.24) is 0 Å². The highest BCUT2D eigenvalue weighted by atomic mass is 79.9. The maximum atomic E-state index is 12.5. The second kappa shape index (κ2) is 7.08. The molecule has 1 aliphatic rings. The molecule has 126 valence electrons. The number of hydrogen-bond donors (Lipinski definition) is 1. The van der Waals surface area contributed by atoms with Crippen molar-refractivity contribution in [2.24, 2.45) is 5.92 Å². The van der Waals surface area contributed by atoms with Crippen molar-refractivity contribution in [2.45, 2.75) is 13.3 Å². The SMILES string of the molecule is Cc1ccc(NC(=O)C2CC(=O)N(c3ccc(C#N)cc3)C2)c(Br)c1. The van der Waals surface area contributed by atoms with Crippen molar-refractivity contribution in [3.05, 3.63) is 58.1 Å². The quantitative estimate of drug-likeness (QED) is 0.859. The third kappa shape index (κ3) is 3.72.